The molecule has 92 valence electrons. The van der Waals surface area contributed by atoms with Gasteiger partial charge in [-0.1, -0.05) is 6.07 Å². The van der Waals surface area contributed by atoms with E-state index in [1.165, 1.54) is 12.1 Å². The lowest BCUT2D eigenvalue weighted by Crippen LogP contribution is -2.06. The Labute approximate surface area is 96.5 Å². The molecule has 0 saturated heterocycles. The van der Waals surface area contributed by atoms with Crippen LogP contribution in [0.4, 0.5) is 0 Å². The number of hydrogen-bond acceptors (Lipinski definition) is 5. The van der Waals surface area contributed by atoms with Gasteiger partial charge in [0, 0.05) is 6.08 Å². The summed E-state index contributed by atoms with van der Waals surface area (Å²) in [6.07, 6.45) is 1.99. The molecule has 8 heteroatoms. The second-order valence-corrected chi connectivity index (χ2v) is 3.93. The minimum atomic E-state index is -4.75. The Morgan fingerprint density at radius 2 is 2.00 bits per heavy atom. The molecule has 0 atom stereocenters. The summed E-state index contributed by atoms with van der Waals surface area (Å²) in [5, 5.41) is 17.6. The van der Waals surface area contributed by atoms with Crippen LogP contribution in [0, 0.1) is 0 Å². The van der Waals surface area contributed by atoms with Gasteiger partial charge in [-0.15, -0.1) is 0 Å². The normalized spacial score (nSPS) is 11.6. The van der Waals surface area contributed by atoms with Crippen LogP contribution in [0.25, 0.3) is 6.08 Å². The number of aromatic hydroxyl groups is 1. The van der Waals surface area contributed by atoms with E-state index in [-0.39, 0.29) is 5.56 Å². The number of carboxylic acid groups (broad SMARTS) is 1. The number of rotatable bonds is 4. The van der Waals surface area contributed by atoms with Crippen LogP contribution >= 0.6 is 0 Å². The van der Waals surface area contributed by atoms with Crippen molar-refractivity contribution in [2.24, 2.45) is 0 Å². The fourth-order valence-corrected chi connectivity index (χ4v) is 1.34. The van der Waals surface area contributed by atoms with E-state index >= 15 is 0 Å². The molecule has 0 heterocycles. The molecule has 1 rings (SSSR count). The highest BCUT2D eigenvalue weighted by atomic mass is 32.3. The zero-order valence-electron chi connectivity index (χ0n) is 8.27. The number of carbonyl (C=O) groups is 1. The maximum absolute atomic E-state index is 10.4. The van der Waals surface area contributed by atoms with E-state index in [9.17, 15) is 18.3 Å². The summed E-state index contributed by atoms with van der Waals surface area (Å²) in [7, 11) is -4.75. The van der Waals surface area contributed by atoms with Crippen LogP contribution in [-0.2, 0) is 15.2 Å². The van der Waals surface area contributed by atoms with Crippen LogP contribution in [0.1, 0.15) is 5.56 Å². The number of phenolic OH excluding ortho intramolecular Hbond substituents is 1. The maximum atomic E-state index is 10.4. The molecular formula is C9H8O7S. The predicted octanol–water partition coefficient (Wildman–Crippen LogP) is 0.672. The minimum absolute atomic E-state index is 0.281. The van der Waals surface area contributed by atoms with Gasteiger partial charge in [0.25, 0.3) is 0 Å². The SMILES string of the molecule is O=C(O)/C=C/c1ccc(O)c(OS(=O)(=O)O)c1. The highest BCUT2D eigenvalue weighted by molar-refractivity contribution is 7.81. The van der Waals surface area contributed by atoms with E-state index in [0.717, 1.165) is 18.2 Å². The van der Waals surface area contributed by atoms with Crippen LogP contribution in [-0.4, -0.2) is 29.2 Å². The van der Waals surface area contributed by atoms with Gasteiger partial charge < -0.3 is 14.4 Å². The van der Waals surface area contributed by atoms with Crippen LogP contribution in [0.15, 0.2) is 24.3 Å². The summed E-state index contributed by atoms with van der Waals surface area (Å²) >= 11 is 0. The highest BCUT2D eigenvalue weighted by Crippen LogP contribution is 2.28. The molecule has 0 bridgehead atoms. The Hall–Kier alpha value is -2.06. The second kappa shape index (κ2) is 4.85. The molecule has 1 aromatic rings. The summed E-state index contributed by atoms with van der Waals surface area (Å²) in [6, 6.07) is 3.50. The van der Waals surface area contributed by atoms with Gasteiger partial charge in [-0.2, -0.15) is 8.42 Å². The van der Waals surface area contributed by atoms with Crippen molar-refractivity contribution < 1.29 is 32.2 Å². The summed E-state index contributed by atoms with van der Waals surface area (Å²) in [6.45, 7) is 0. The van der Waals surface area contributed by atoms with Gasteiger partial charge >= 0.3 is 16.4 Å². The minimum Gasteiger partial charge on any atom is -0.504 e. The molecule has 0 amide bonds. The fourth-order valence-electron chi connectivity index (χ4n) is 0.982. The van der Waals surface area contributed by atoms with Crippen molar-refractivity contribution in [3.05, 3.63) is 29.8 Å². The Morgan fingerprint density at radius 3 is 2.53 bits per heavy atom. The molecule has 0 aromatic heterocycles. The molecule has 0 spiro atoms. The van der Waals surface area contributed by atoms with Gasteiger partial charge in [-0.3, -0.25) is 4.55 Å². The summed E-state index contributed by atoms with van der Waals surface area (Å²) < 4.78 is 33.4. The zero-order valence-corrected chi connectivity index (χ0v) is 9.09. The molecule has 7 nitrogen and oxygen atoms in total. The first-order chi connectivity index (χ1) is 7.78. The number of hydrogen-bond donors (Lipinski definition) is 3. The molecule has 0 radical (unpaired) electrons. The molecule has 0 unspecified atom stereocenters. The lowest BCUT2D eigenvalue weighted by Gasteiger charge is -2.04. The van der Waals surface area contributed by atoms with Crippen molar-refractivity contribution in [3.63, 3.8) is 0 Å². The van der Waals surface area contributed by atoms with Gasteiger partial charge in [0.15, 0.2) is 11.5 Å². The summed E-state index contributed by atoms with van der Waals surface area (Å²) in [4.78, 5) is 10.2. The third-order valence-corrected chi connectivity index (χ3v) is 1.99. The monoisotopic (exact) mass is 260 g/mol. The van der Waals surface area contributed by atoms with Crippen molar-refractivity contribution >= 4 is 22.4 Å². The van der Waals surface area contributed by atoms with Gasteiger partial charge in [-0.05, 0) is 23.8 Å². The number of carboxylic acids is 1. The fraction of sp³-hybridized carbons (Fsp3) is 0. The molecule has 0 saturated carbocycles. The van der Waals surface area contributed by atoms with E-state index in [2.05, 4.69) is 4.18 Å². The highest BCUT2D eigenvalue weighted by Gasteiger charge is 2.11. The van der Waals surface area contributed by atoms with E-state index in [1.54, 1.807) is 0 Å². The standard InChI is InChI=1S/C9H8O7S/c10-7-3-1-6(2-4-9(11)12)5-8(7)16-17(13,14)15/h1-5,10H,(H,11,12)(H,13,14,15)/b4-2+. The second-order valence-electron chi connectivity index (χ2n) is 2.91. The van der Waals surface area contributed by atoms with E-state index in [0.29, 0.717) is 0 Å². The van der Waals surface area contributed by atoms with Crippen LogP contribution in [0.5, 0.6) is 11.5 Å². The van der Waals surface area contributed by atoms with Crippen molar-refractivity contribution in [2.75, 3.05) is 0 Å². The van der Waals surface area contributed by atoms with Crippen LogP contribution in [0.2, 0.25) is 0 Å². The third-order valence-electron chi connectivity index (χ3n) is 1.60. The Balaban J connectivity index is 3.06. The predicted molar refractivity (Wildman–Crippen MR) is 57.0 cm³/mol. The third kappa shape index (κ3) is 4.53. The molecule has 0 aliphatic carbocycles. The maximum Gasteiger partial charge on any atom is 0.446 e. The molecular weight excluding hydrogens is 252 g/mol. The summed E-state index contributed by atoms with van der Waals surface area (Å²) in [5.41, 5.74) is 0.281. The van der Waals surface area contributed by atoms with Crippen molar-refractivity contribution in [1.29, 1.82) is 0 Å². The number of aliphatic carboxylic acids is 1. The van der Waals surface area contributed by atoms with Gasteiger partial charge in [0.05, 0.1) is 0 Å². The lowest BCUT2D eigenvalue weighted by molar-refractivity contribution is -0.131. The first-order valence-corrected chi connectivity index (χ1v) is 5.55. The largest absolute Gasteiger partial charge is 0.504 e. The molecule has 0 fully saturated rings. The average Bonchev–Trinajstić information content (AvgIpc) is 2.17. The Kier molecular flexibility index (Phi) is 3.71. The molecule has 17 heavy (non-hydrogen) atoms. The first-order valence-electron chi connectivity index (χ1n) is 4.19. The lowest BCUT2D eigenvalue weighted by atomic mass is 10.2. The molecule has 0 aliphatic rings. The number of benzene rings is 1. The summed E-state index contributed by atoms with van der Waals surface area (Å²) in [5.74, 6) is -2.19. The van der Waals surface area contributed by atoms with E-state index in [4.69, 9.17) is 9.66 Å². The number of phenols is 1. The zero-order chi connectivity index (χ0) is 13.1. The Bertz CT molecular complexity index is 559. The van der Waals surface area contributed by atoms with Gasteiger partial charge in [-0.25, -0.2) is 4.79 Å². The van der Waals surface area contributed by atoms with Crippen molar-refractivity contribution in [3.8, 4) is 11.5 Å². The average molecular weight is 260 g/mol. The van der Waals surface area contributed by atoms with Crippen molar-refractivity contribution in [2.45, 2.75) is 0 Å². The van der Waals surface area contributed by atoms with E-state index < -0.39 is 27.9 Å². The van der Waals surface area contributed by atoms with Crippen molar-refractivity contribution in [1.82, 2.24) is 0 Å². The first kappa shape index (κ1) is 13.0. The van der Waals surface area contributed by atoms with Crippen LogP contribution < -0.4 is 4.18 Å². The smallest absolute Gasteiger partial charge is 0.446 e. The van der Waals surface area contributed by atoms with Gasteiger partial charge in [0.2, 0.25) is 0 Å². The molecule has 1 aromatic carbocycles. The molecule has 0 aliphatic heterocycles. The van der Waals surface area contributed by atoms with Crippen LogP contribution in [0.3, 0.4) is 0 Å². The Morgan fingerprint density at radius 1 is 1.35 bits per heavy atom. The quantitative estimate of drug-likeness (QED) is 0.537. The molecule has 3 N–H and O–H groups in total. The van der Waals surface area contributed by atoms with Gasteiger partial charge in [0.1, 0.15) is 0 Å². The topological polar surface area (TPSA) is 121 Å². The van der Waals surface area contributed by atoms with E-state index in [1.807, 2.05) is 0 Å².